The number of benzene rings is 2. The summed E-state index contributed by atoms with van der Waals surface area (Å²) in [6, 6.07) is 15.6. The fraction of sp³-hybridized carbons (Fsp3) is 0.567. The van der Waals surface area contributed by atoms with Crippen molar-refractivity contribution in [2.24, 2.45) is 11.7 Å². The number of hydrogen-bond donors (Lipinski definition) is 2. The van der Waals surface area contributed by atoms with Gasteiger partial charge in [-0.25, -0.2) is 4.79 Å². The molecule has 3 rings (SSSR count). The number of carbonyl (C=O) groups is 1. The van der Waals surface area contributed by atoms with Crippen molar-refractivity contribution in [3.63, 3.8) is 0 Å². The van der Waals surface area contributed by atoms with E-state index >= 15 is 0 Å². The number of aliphatic hydroxyl groups is 1. The number of hydrogen-bond acceptors (Lipinski definition) is 5. The second kappa shape index (κ2) is 13.1. The van der Waals surface area contributed by atoms with Gasteiger partial charge in [0.2, 0.25) is 0 Å². The maximum Gasteiger partial charge on any atom is 0.410 e. The molecule has 0 aromatic heterocycles. The number of methoxy groups -OCH3 is 1. The monoisotopic (exact) mass is 496 g/mol. The molecule has 36 heavy (non-hydrogen) atoms. The molecule has 2 aromatic rings. The number of amides is 1. The van der Waals surface area contributed by atoms with Crippen LogP contribution in [0.5, 0.6) is 5.75 Å². The number of carbonyl (C=O) groups excluding carboxylic acids is 1. The van der Waals surface area contributed by atoms with Crippen LogP contribution in [0.15, 0.2) is 48.5 Å². The fourth-order valence-electron chi connectivity index (χ4n) is 4.90. The minimum atomic E-state index is -0.898. The summed E-state index contributed by atoms with van der Waals surface area (Å²) in [4.78, 5) is 14.5. The molecule has 0 radical (unpaired) electrons. The molecular formula is C30H44N2O4. The van der Waals surface area contributed by atoms with Crippen molar-refractivity contribution < 1.29 is 19.4 Å². The predicted molar refractivity (Wildman–Crippen MR) is 144 cm³/mol. The van der Waals surface area contributed by atoms with Crippen LogP contribution < -0.4 is 10.5 Å². The summed E-state index contributed by atoms with van der Waals surface area (Å²) < 4.78 is 10.9. The van der Waals surface area contributed by atoms with Gasteiger partial charge in [-0.05, 0) is 68.4 Å². The number of nitrogens with zero attached hydrogens (tertiary/aromatic N) is 1. The van der Waals surface area contributed by atoms with Gasteiger partial charge >= 0.3 is 6.09 Å². The van der Waals surface area contributed by atoms with Gasteiger partial charge in [-0.2, -0.15) is 0 Å². The van der Waals surface area contributed by atoms with Crippen LogP contribution in [0.2, 0.25) is 0 Å². The van der Waals surface area contributed by atoms with Gasteiger partial charge in [0.1, 0.15) is 11.4 Å². The van der Waals surface area contributed by atoms with Crippen molar-refractivity contribution in [3.8, 4) is 5.75 Å². The Bertz CT molecular complexity index is 965. The van der Waals surface area contributed by atoms with Gasteiger partial charge in [0.15, 0.2) is 0 Å². The van der Waals surface area contributed by atoms with E-state index in [2.05, 4.69) is 24.3 Å². The molecule has 1 fully saturated rings. The van der Waals surface area contributed by atoms with E-state index in [0.29, 0.717) is 12.2 Å². The minimum Gasteiger partial charge on any atom is -0.497 e. The van der Waals surface area contributed by atoms with Gasteiger partial charge in [-0.15, -0.1) is 0 Å². The first-order valence-electron chi connectivity index (χ1n) is 13.3. The van der Waals surface area contributed by atoms with Crippen LogP contribution in [0.4, 0.5) is 4.79 Å². The molecule has 0 heterocycles. The van der Waals surface area contributed by atoms with Gasteiger partial charge < -0.3 is 25.2 Å². The Hall–Kier alpha value is -2.57. The van der Waals surface area contributed by atoms with Crippen LogP contribution >= 0.6 is 0 Å². The Balaban J connectivity index is 1.65. The number of nitrogens with two attached hydrogens (primary N) is 1. The summed E-state index contributed by atoms with van der Waals surface area (Å²) in [6.07, 6.45) is 6.95. The zero-order valence-electron chi connectivity index (χ0n) is 22.4. The van der Waals surface area contributed by atoms with Crippen LogP contribution in [0.1, 0.15) is 69.6 Å². The minimum absolute atomic E-state index is 0.0784. The third-order valence-electron chi connectivity index (χ3n) is 6.77. The molecule has 6 heteroatoms. The topological polar surface area (TPSA) is 85.0 Å². The summed E-state index contributed by atoms with van der Waals surface area (Å²) in [7, 11) is 1.61. The molecule has 0 unspecified atom stereocenters. The van der Waals surface area contributed by atoms with E-state index in [0.717, 1.165) is 23.5 Å². The summed E-state index contributed by atoms with van der Waals surface area (Å²) in [5, 5.41) is 11.0. The van der Waals surface area contributed by atoms with Crippen molar-refractivity contribution in [1.82, 2.24) is 4.90 Å². The van der Waals surface area contributed by atoms with Crippen molar-refractivity contribution in [2.75, 3.05) is 13.7 Å². The number of aliphatic hydroxyl groups excluding tert-OH is 1. The van der Waals surface area contributed by atoms with E-state index in [-0.39, 0.29) is 13.1 Å². The van der Waals surface area contributed by atoms with E-state index in [1.807, 2.05) is 45.0 Å². The maximum atomic E-state index is 13.0. The van der Waals surface area contributed by atoms with Gasteiger partial charge in [-0.1, -0.05) is 68.5 Å². The lowest BCUT2D eigenvalue weighted by Crippen LogP contribution is -2.47. The Morgan fingerprint density at radius 3 is 2.42 bits per heavy atom. The summed E-state index contributed by atoms with van der Waals surface area (Å²) >= 11 is 0. The van der Waals surface area contributed by atoms with Crippen LogP contribution in [0.3, 0.4) is 0 Å². The maximum absolute atomic E-state index is 13.0. The SMILES string of the molecule is COc1cccc(CN(C[C@@H](O)[C@@H](N)Cc2cccc(CC3CCCCC3)c2)C(=O)OC(C)(C)C)c1. The number of ether oxygens (including phenoxy) is 2. The van der Waals surface area contributed by atoms with E-state index in [1.54, 1.807) is 7.11 Å². The summed E-state index contributed by atoms with van der Waals surface area (Å²) in [6.45, 7) is 5.85. The van der Waals surface area contributed by atoms with Crippen LogP contribution in [-0.4, -0.2) is 47.5 Å². The Morgan fingerprint density at radius 1 is 1.06 bits per heavy atom. The first-order valence-corrected chi connectivity index (χ1v) is 13.3. The highest BCUT2D eigenvalue weighted by Crippen LogP contribution is 2.27. The quantitative estimate of drug-likeness (QED) is 0.455. The van der Waals surface area contributed by atoms with E-state index in [4.69, 9.17) is 15.2 Å². The third kappa shape index (κ3) is 9.14. The standard InChI is InChI=1S/C30H44N2O4/c1-30(2,3)36-29(34)32(20-25-14-9-15-26(18-25)35-4)21-28(33)27(31)19-24-13-8-12-23(17-24)16-22-10-6-5-7-11-22/h8-9,12-15,17-18,22,27-28,33H,5-7,10-11,16,19-21,31H2,1-4H3/t27-,28+/m0/s1. The molecule has 0 bridgehead atoms. The van der Waals surface area contributed by atoms with E-state index in [9.17, 15) is 9.90 Å². The normalized spacial score (nSPS) is 16.3. The van der Waals surface area contributed by atoms with Crippen molar-refractivity contribution >= 4 is 6.09 Å². The van der Waals surface area contributed by atoms with Gasteiger partial charge in [0.25, 0.3) is 0 Å². The first-order chi connectivity index (χ1) is 17.1. The highest BCUT2D eigenvalue weighted by Gasteiger charge is 2.27. The highest BCUT2D eigenvalue weighted by molar-refractivity contribution is 5.68. The van der Waals surface area contributed by atoms with Crippen LogP contribution in [0, 0.1) is 5.92 Å². The molecule has 0 spiro atoms. The molecule has 1 aliphatic rings. The Kier molecular flexibility index (Phi) is 10.2. The Labute approximate surface area is 216 Å². The molecule has 1 saturated carbocycles. The molecule has 198 valence electrons. The average Bonchev–Trinajstić information content (AvgIpc) is 2.83. The summed E-state index contributed by atoms with van der Waals surface area (Å²) in [5.41, 5.74) is 9.15. The summed E-state index contributed by atoms with van der Waals surface area (Å²) in [5.74, 6) is 1.48. The van der Waals surface area contributed by atoms with Crippen LogP contribution in [-0.2, 0) is 24.1 Å². The largest absolute Gasteiger partial charge is 0.497 e. The lowest BCUT2D eigenvalue weighted by atomic mass is 9.84. The fourth-order valence-corrected chi connectivity index (χ4v) is 4.90. The molecule has 0 saturated heterocycles. The molecule has 1 amide bonds. The molecule has 2 aromatic carbocycles. The predicted octanol–water partition coefficient (Wildman–Crippen LogP) is 5.49. The second-order valence-corrected chi connectivity index (χ2v) is 11.2. The van der Waals surface area contributed by atoms with Crippen molar-refractivity contribution in [1.29, 1.82) is 0 Å². The average molecular weight is 497 g/mol. The van der Waals surface area contributed by atoms with Gasteiger partial charge in [0.05, 0.1) is 19.8 Å². The lowest BCUT2D eigenvalue weighted by Gasteiger charge is -2.30. The zero-order chi connectivity index (χ0) is 26.1. The second-order valence-electron chi connectivity index (χ2n) is 11.2. The first kappa shape index (κ1) is 28.0. The molecule has 6 nitrogen and oxygen atoms in total. The number of rotatable bonds is 10. The smallest absolute Gasteiger partial charge is 0.410 e. The lowest BCUT2D eigenvalue weighted by molar-refractivity contribution is 0.00994. The Morgan fingerprint density at radius 2 is 1.72 bits per heavy atom. The molecule has 1 aliphatic carbocycles. The zero-order valence-corrected chi connectivity index (χ0v) is 22.4. The van der Waals surface area contributed by atoms with Crippen LogP contribution in [0.25, 0.3) is 0 Å². The molecule has 0 aliphatic heterocycles. The van der Waals surface area contributed by atoms with Gasteiger partial charge in [-0.3, -0.25) is 0 Å². The molecule has 3 N–H and O–H groups in total. The highest BCUT2D eigenvalue weighted by atomic mass is 16.6. The van der Waals surface area contributed by atoms with Crippen molar-refractivity contribution in [3.05, 3.63) is 65.2 Å². The van der Waals surface area contributed by atoms with Crippen molar-refractivity contribution in [2.45, 2.75) is 90.0 Å². The van der Waals surface area contributed by atoms with Gasteiger partial charge in [0, 0.05) is 12.6 Å². The van der Waals surface area contributed by atoms with E-state index in [1.165, 1.54) is 42.6 Å². The third-order valence-corrected chi connectivity index (χ3v) is 6.77. The van der Waals surface area contributed by atoms with E-state index < -0.39 is 23.8 Å². The molecular weight excluding hydrogens is 452 g/mol. The molecule has 2 atom stereocenters.